The van der Waals surface area contributed by atoms with Crippen LogP contribution < -0.4 is 0 Å². The van der Waals surface area contributed by atoms with Gasteiger partial charge in [-0.25, -0.2) is 0 Å². The molecule has 1 rings (SSSR count). The molecule has 1 aromatic rings. The average molecular weight is 216 g/mol. The Morgan fingerprint density at radius 1 is 1.00 bits per heavy atom. The molecule has 1 aromatic carbocycles. The Morgan fingerprint density at radius 2 is 1.50 bits per heavy atom. The van der Waals surface area contributed by atoms with E-state index in [4.69, 9.17) is 0 Å². The van der Waals surface area contributed by atoms with Crippen LogP contribution in [-0.2, 0) is 0 Å². The van der Waals surface area contributed by atoms with Crippen LogP contribution in [-0.4, -0.2) is 17.0 Å². The van der Waals surface area contributed by atoms with Crippen LogP contribution in [0.2, 0.25) is 0 Å². The molecule has 0 saturated carbocycles. The number of hydrogen-bond acceptors (Lipinski definition) is 2. The molecule has 0 saturated heterocycles. The highest BCUT2D eigenvalue weighted by Gasteiger charge is 2.24. The molecular weight excluding hydrogens is 196 g/mol. The summed E-state index contributed by atoms with van der Waals surface area (Å²) >= 11 is 0. The fraction of sp³-hybridized carbons (Fsp3) is 0.500. The highest BCUT2D eigenvalue weighted by atomic mass is 15.2. The van der Waals surface area contributed by atoms with Crippen molar-refractivity contribution < 1.29 is 0 Å². The normalized spacial score (nSPS) is 13.1. The van der Waals surface area contributed by atoms with E-state index in [0.29, 0.717) is 12.1 Å². The van der Waals surface area contributed by atoms with Crippen molar-refractivity contribution in [1.82, 2.24) is 4.90 Å². The fourth-order valence-electron chi connectivity index (χ4n) is 2.14. The van der Waals surface area contributed by atoms with Gasteiger partial charge in [-0.3, -0.25) is 4.90 Å². The van der Waals surface area contributed by atoms with Crippen LogP contribution in [0.1, 0.15) is 39.3 Å². The molecule has 0 heterocycles. The smallest absolute Gasteiger partial charge is 0.124 e. The van der Waals surface area contributed by atoms with Gasteiger partial charge in [-0.1, -0.05) is 30.3 Å². The van der Waals surface area contributed by atoms with Gasteiger partial charge in [0.15, 0.2) is 0 Å². The maximum absolute atomic E-state index is 9.36. The third-order valence-corrected chi connectivity index (χ3v) is 2.73. The molecule has 0 spiro atoms. The summed E-state index contributed by atoms with van der Waals surface area (Å²) in [5, 5.41) is 9.36. The van der Waals surface area contributed by atoms with Crippen LogP contribution in [0.5, 0.6) is 0 Å². The molecule has 0 aromatic heterocycles. The minimum absolute atomic E-state index is 0.152. The highest BCUT2D eigenvalue weighted by molar-refractivity contribution is 5.24. The maximum Gasteiger partial charge on any atom is 0.124 e. The summed E-state index contributed by atoms with van der Waals surface area (Å²) in [4.78, 5) is 2.23. The van der Waals surface area contributed by atoms with E-state index < -0.39 is 0 Å². The second-order valence-corrected chi connectivity index (χ2v) is 4.58. The van der Waals surface area contributed by atoms with Crippen molar-refractivity contribution in [2.45, 2.75) is 45.8 Å². The molecule has 1 atom stereocenters. The third kappa shape index (κ3) is 2.84. The molecule has 0 aliphatic carbocycles. The van der Waals surface area contributed by atoms with Crippen molar-refractivity contribution in [2.75, 3.05) is 0 Å². The van der Waals surface area contributed by atoms with Gasteiger partial charge >= 0.3 is 0 Å². The van der Waals surface area contributed by atoms with Crippen molar-refractivity contribution in [3.05, 3.63) is 35.9 Å². The topological polar surface area (TPSA) is 27.0 Å². The van der Waals surface area contributed by atoms with E-state index in [1.807, 2.05) is 30.3 Å². The van der Waals surface area contributed by atoms with Crippen molar-refractivity contribution in [3.8, 4) is 6.07 Å². The first-order chi connectivity index (χ1) is 7.57. The second-order valence-electron chi connectivity index (χ2n) is 4.58. The molecule has 0 fully saturated rings. The monoisotopic (exact) mass is 216 g/mol. The summed E-state index contributed by atoms with van der Waals surface area (Å²) < 4.78 is 0. The molecule has 0 aliphatic heterocycles. The Bertz CT molecular complexity index is 341. The molecule has 0 amide bonds. The number of benzene rings is 1. The molecule has 86 valence electrons. The Balaban J connectivity index is 3.02. The number of hydrogen-bond donors (Lipinski definition) is 0. The van der Waals surface area contributed by atoms with Crippen LogP contribution in [0.25, 0.3) is 0 Å². The first-order valence-corrected chi connectivity index (χ1v) is 5.80. The van der Waals surface area contributed by atoms with Gasteiger partial charge in [-0.05, 0) is 33.3 Å². The molecule has 2 heteroatoms. The largest absolute Gasteiger partial charge is 0.279 e. The predicted molar refractivity (Wildman–Crippen MR) is 66.9 cm³/mol. The van der Waals surface area contributed by atoms with E-state index in [1.54, 1.807) is 0 Å². The Labute approximate surface area is 98.5 Å². The van der Waals surface area contributed by atoms with E-state index in [2.05, 4.69) is 38.7 Å². The van der Waals surface area contributed by atoms with Gasteiger partial charge in [0.2, 0.25) is 0 Å². The highest BCUT2D eigenvalue weighted by Crippen LogP contribution is 2.24. The lowest BCUT2D eigenvalue weighted by molar-refractivity contribution is 0.142. The second kappa shape index (κ2) is 5.67. The zero-order valence-electron chi connectivity index (χ0n) is 10.5. The number of nitrogens with zero attached hydrogens (tertiary/aromatic N) is 2. The molecule has 0 aliphatic rings. The standard InChI is InChI=1S/C14H20N2/c1-11(2)16(12(3)4)14(10-15)13-8-6-5-7-9-13/h5-9,11-12,14H,1-4H3. The van der Waals surface area contributed by atoms with Crippen LogP contribution in [0.15, 0.2) is 30.3 Å². The lowest BCUT2D eigenvalue weighted by Crippen LogP contribution is -2.39. The number of rotatable bonds is 4. The summed E-state index contributed by atoms with van der Waals surface area (Å²) in [7, 11) is 0. The van der Waals surface area contributed by atoms with Gasteiger partial charge in [0.25, 0.3) is 0 Å². The Kier molecular flexibility index (Phi) is 4.52. The minimum Gasteiger partial charge on any atom is -0.279 e. The van der Waals surface area contributed by atoms with E-state index >= 15 is 0 Å². The summed E-state index contributed by atoms with van der Waals surface area (Å²) in [6, 6.07) is 13.0. The van der Waals surface area contributed by atoms with Crippen LogP contribution >= 0.6 is 0 Å². The lowest BCUT2D eigenvalue weighted by atomic mass is 10.0. The summed E-state index contributed by atoms with van der Waals surface area (Å²) in [6.45, 7) is 8.53. The molecule has 1 unspecified atom stereocenters. The van der Waals surface area contributed by atoms with Crippen LogP contribution in [0.3, 0.4) is 0 Å². The van der Waals surface area contributed by atoms with E-state index in [1.165, 1.54) is 0 Å². The van der Waals surface area contributed by atoms with Gasteiger partial charge in [-0.15, -0.1) is 0 Å². The lowest BCUT2D eigenvalue weighted by Gasteiger charge is -2.34. The first kappa shape index (κ1) is 12.7. The molecule has 0 bridgehead atoms. The Hall–Kier alpha value is -1.33. The van der Waals surface area contributed by atoms with Gasteiger partial charge in [0, 0.05) is 12.1 Å². The van der Waals surface area contributed by atoms with Gasteiger partial charge < -0.3 is 0 Å². The van der Waals surface area contributed by atoms with E-state index in [-0.39, 0.29) is 6.04 Å². The van der Waals surface area contributed by atoms with Gasteiger partial charge in [0.05, 0.1) is 6.07 Å². The SMILES string of the molecule is CC(C)N(C(C)C)C(C#N)c1ccccc1. The Morgan fingerprint density at radius 3 is 1.88 bits per heavy atom. The maximum atomic E-state index is 9.36. The fourth-order valence-corrected chi connectivity index (χ4v) is 2.14. The summed E-state index contributed by atoms with van der Waals surface area (Å²) in [5.41, 5.74) is 1.08. The predicted octanol–water partition coefficient (Wildman–Crippen LogP) is 3.37. The number of nitriles is 1. The average Bonchev–Trinajstić information content (AvgIpc) is 2.25. The quantitative estimate of drug-likeness (QED) is 0.771. The molecular formula is C14H20N2. The van der Waals surface area contributed by atoms with Crippen molar-refractivity contribution >= 4 is 0 Å². The molecule has 0 N–H and O–H groups in total. The van der Waals surface area contributed by atoms with Crippen molar-refractivity contribution in [1.29, 1.82) is 5.26 Å². The van der Waals surface area contributed by atoms with Gasteiger partial charge in [0.1, 0.15) is 6.04 Å². The molecule has 2 nitrogen and oxygen atoms in total. The van der Waals surface area contributed by atoms with Crippen molar-refractivity contribution in [2.24, 2.45) is 0 Å². The minimum atomic E-state index is -0.152. The van der Waals surface area contributed by atoms with Crippen molar-refractivity contribution in [3.63, 3.8) is 0 Å². The first-order valence-electron chi connectivity index (χ1n) is 5.80. The van der Waals surface area contributed by atoms with Gasteiger partial charge in [-0.2, -0.15) is 5.26 Å². The zero-order valence-corrected chi connectivity index (χ0v) is 10.5. The van der Waals surface area contributed by atoms with E-state index in [9.17, 15) is 5.26 Å². The molecule has 16 heavy (non-hydrogen) atoms. The van der Waals surface area contributed by atoms with Crippen LogP contribution in [0, 0.1) is 11.3 Å². The van der Waals surface area contributed by atoms with Crippen LogP contribution in [0.4, 0.5) is 0 Å². The molecule has 0 radical (unpaired) electrons. The third-order valence-electron chi connectivity index (χ3n) is 2.73. The summed E-state index contributed by atoms with van der Waals surface area (Å²) in [5.74, 6) is 0. The summed E-state index contributed by atoms with van der Waals surface area (Å²) in [6.07, 6.45) is 0. The zero-order chi connectivity index (χ0) is 12.1. The van der Waals surface area contributed by atoms with E-state index in [0.717, 1.165) is 5.56 Å².